The molecule has 0 amide bonds. The summed E-state index contributed by atoms with van der Waals surface area (Å²) in [5.74, 6) is 0.799. The second kappa shape index (κ2) is 6.02. The SMILES string of the molecule is CN(Cc1cc(Br)cs1)c1ccc(Cl)c(CO)n1. The first-order chi connectivity index (χ1) is 8.60. The molecule has 18 heavy (non-hydrogen) atoms. The molecule has 0 radical (unpaired) electrons. The molecule has 0 bridgehead atoms. The third-order valence-electron chi connectivity index (χ3n) is 2.46. The molecule has 0 fully saturated rings. The van der Waals surface area contributed by atoms with E-state index in [1.807, 2.05) is 18.0 Å². The number of aliphatic hydroxyl groups is 1. The monoisotopic (exact) mass is 346 g/mol. The van der Waals surface area contributed by atoms with Crippen molar-refractivity contribution in [3.05, 3.63) is 43.6 Å². The van der Waals surface area contributed by atoms with Gasteiger partial charge in [-0.25, -0.2) is 4.98 Å². The number of hydrogen-bond acceptors (Lipinski definition) is 4. The van der Waals surface area contributed by atoms with Gasteiger partial charge in [-0.15, -0.1) is 11.3 Å². The molecule has 0 atom stereocenters. The minimum atomic E-state index is -0.148. The van der Waals surface area contributed by atoms with Gasteiger partial charge >= 0.3 is 0 Å². The highest BCUT2D eigenvalue weighted by atomic mass is 79.9. The Hall–Kier alpha value is -0.620. The topological polar surface area (TPSA) is 36.4 Å². The van der Waals surface area contributed by atoms with Gasteiger partial charge in [0, 0.05) is 21.8 Å². The minimum absolute atomic E-state index is 0.148. The fourth-order valence-corrected chi connectivity index (χ4v) is 3.22. The molecule has 96 valence electrons. The van der Waals surface area contributed by atoms with Crippen molar-refractivity contribution in [2.24, 2.45) is 0 Å². The predicted molar refractivity (Wildman–Crippen MR) is 79.3 cm³/mol. The zero-order valence-electron chi connectivity index (χ0n) is 9.73. The number of hydrogen-bond donors (Lipinski definition) is 1. The average molecular weight is 348 g/mol. The third-order valence-corrected chi connectivity index (χ3v) is 4.49. The van der Waals surface area contributed by atoms with Crippen LogP contribution in [0.4, 0.5) is 5.82 Å². The summed E-state index contributed by atoms with van der Waals surface area (Å²) in [6.07, 6.45) is 0. The lowest BCUT2D eigenvalue weighted by atomic mass is 10.3. The summed E-state index contributed by atoms with van der Waals surface area (Å²) in [6, 6.07) is 5.70. The number of pyridine rings is 1. The fraction of sp³-hybridized carbons (Fsp3) is 0.250. The number of halogens is 2. The molecule has 0 aliphatic rings. The van der Waals surface area contributed by atoms with Crippen molar-refractivity contribution in [3.8, 4) is 0 Å². The molecule has 2 aromatic rings. The first kappa shape index (κ1) is 13.8. The highest BCUT2D eigenvalue weighted by Gasteiger charge is 2.08. The summed E-state index contributed by atoms with van der Waals surface area (Å²) >= 11 is 11.0. The second-order valence-electron chi connectivity index (χ2n) is 3.84. The molecule has 2 aromatic heterocycles. The van der Waals surface area contributed by atoms with E-state index in [2.05, 4.69) is 32.4 Å². The van der Waals surface area contributed by atoms with Crippen LogP contribution in [-0.4, -0.2) is 17.1 Å². The van der Waals surface area contributed by atoms with E-state index in [-0.39, 0.29) is 6.61 Å². The molecule has 0 unspecified atom stereocenters. The molecular weight excluding hydrogens is 336 g/mol. The highest BCUT2D eigenvalue weighted by Crippen LogP contribution is 2.24. The summed E-state index contributed by atoms with van der Waals surface area (Å²) in [6.45, 7) is 0.626. The number of rotatable bonds is 4. The van der Waals surface area contributed by atoms with Gasteiger partial charge in [0.2, 0.25) is 0 Å². The first-order valence-electron chi connectivity index (χ1n) is 5.30. The molecule has 0 aliphatic carbocycles. The van der Waals surface area contributed by atoms with Crippen LogP contribution in [0.1, 0.15) is 10.6 Å². The van der Waals surface area contributed by atoms with Gasteiger partial charge in [0.15, 0.2) is 0 Å². The van der Waals surface area contributed by atoms with Gasteiger partial charge in [0.05, 0.1) is 23.9 Å². The van der Waals surface area contributed by atoms with Crippen LogP contribution in [-0.2, 0) is 13.2 Å². The molecule has 0 aliphatic heterocycles. The molecular formula is C12H12BrClN2OS. The van der Waals surface area contributed by atoms with Crippen molar-refractivity contribution >= 4 is 44.7 Å². The molecule has 0 saturated heterocycles. The minimum Gasteiger partial charge on any atom is -0.390 e. The average Bonchev–Trinajstić information content (AvgIpc) is 2.75. The van der Waals surface area contributed by atoms with Crippen LogP contribution in [0.5, 0.6) is 0 Å². The Morgan fingerprint density at radius 2 is 2.28 bits per heavy atom. The van der Waals surface area contributed by atoms with Gasteiger partial charge in [0.25, 0.3) is 0 Å². The number of aromatic nitrogens is 1. The summed E-state index contributed by atoms with van der Waals surface area (Å²) in [4.78, 5) is 7.59. The highest BCUT2D eigenvalue weighted by molar-refractivity contribution is 9.10. The molecule has 2 heterocycles. The fourth-order valence-electron chi connectivity index (χ4n) is 1.55. The Kier molecular flexibility index (Phi) is 4.61. The number of thiophene rings is 1. The summed E-state index contributed by atoms with van der Waals surface area (Å²) < 4.78 is 1.09. The van der Waals surface area contributed by atoms with Gasteiger partial charge in [0.1, 0.15) is 5.82 Å². The van der Waals surface area contributed by atoms with Crippen LogP contribution < -0.4 is 4.90 Å². The molecule has 0 aromatic carbocycles. The largest absolute Gasteiger partial charge is 0.390 e. The summed E-state index contributed by atoms with van der Waals surface area (Å²) in [7, 11) is 1.96. The second-order valence-corrected chi connectivity index (χ2v) is 6.16. The van der Waals surface area contributed by atoms with Crippen molar-refractivity contribution in [1.82, 2.24) is 4.98 Å². The molecule has 3 nitrogen and oxygen atoms in total. The number of nitrogens with zero attached hydrogens (tertiary/aromatic N) is 2. The van der Waals surface area contributed by atoms with Crippen LogP contribution in [0.3, 0.4) is 0 Å². The summed E-state index contributed by atoms with van der Waals surface area (Å²) in [5, 5.41) is 11.7. The van der Waals surface area contributed by atoms with Gasteiger partial charge < -0.3 is 10.0 Å². The zero-order chi connectivity index (χ0) is 13.1. The smallest absolute Gasteiger partial charge is 0.129 e. The molecule has 6 heteroatoms. The van der Waals surface area contributed by atoms with E-state index in [1.165, 1.54) is 4.88 Å². The standard InChI is InChI=1S/C12H12BrClN2OS/c1-16(5-9-4-8(13)7-18-9)12-3-2-10(14)11(6-17)15-12/h2-4,7,17H,5-6H2,1H3. The van der Waals surface area contributed by atoms with Crippen molar-refractivity contribution < 1.29 is 5.11 Å². The van der Waals surface area contributed by atoms with E-state index in [0.29, 0.717) is 10.7 Å². The third kappa shape index (κ3) is 3.23. The van der Waals surface area contributed by atoms with Crippen molar-refractivity contribution in [1.29, 1.82) is 0 Å². The predicted octanol–water partition coefficient (Wildman–Crippen LogP) is 3.69. The zero-order valence-corrected chi connectivity index (χ0v) is 12.9. The maximum absolute atomic E-state index is 9.15. The van der Waals surface area contributed by atoms with E-state index in [4.69, 9.17) is 16.7 Å². The maximum atomic E-state index is 9.15. The number of anilines is 1. The first-order valence-corrected chi connectivity index (χ1v) is 7.35. The van der Waals surface area contributed by atoms with Crippen LogP contribution in [0.15, 0.2) is 28.1 Å². The Morgan fingerprint density at radius 3 is 2.89 bits per heavy atom. The van der Waals surface area contributed by atoms with Gasteiger partial charge in [-0.05, 0) is 34.1 Å². The lowest BCUT2D eigenvalue weighted by Gasteiger charge is -2.18. The number of aliphatic hydroxyl groups excluding tert-OH is 1. The lowest BCUT2D eigenvalue weighted by molar-refractivity contribution is 0.277. The van der Waals surface area contributed by atoms with Crippen molar-refractivity contribution in [2.75, 3.05) is 11.9 Å². The van der Waals surface area contributed by atoms with Crippen LogP contribution in [0, 0.1) is 0 Å². The lowest BCUT2D eigenvalue weighted by Crippen LogP contribution is -2.17. The molecule has 2 rings (SSSR count). The van der Waals surface area contributed by atoms with E-state index in [1.54, 1.807) is 17.4 Å². The van der Waals surface area contributed by atoms with Crippen molar-refractivity contribution in [2.45, 2.75) is 13.2 Å². The van der Waals surface area contributed by atoms with E-state index in [9.17, 15) is 0 Å². The van der Waals surface area contributed by atoms with E-state index < -0.39 is 0 Å². The Bertz CT molecular complexity index is 547. The molecule has 0 spiro atoms. The van der Waals surface area contributed by atoms with Gasteiger partial charge in [-0.3, -0.25) is 0 Å². The maximum Gasteiger partial charge on any atom is 0.129 e. The molecule has 0 saturated carbocycles. The Labute approximate surface area is 123 Å². The Morgan fingerprint density at radius 1 is 1.50 bits per heavy atom. The van der Waals surface area contributed by atoms with Gasteiger partial charge in [-0.1, -0.05) is 11.6 Å². The van der Waals surface area contributed by atoms with E-state index in [0.717, 1.165) is 16.8 Å². The van der Waals surface area contributed by atoms with Crippen LogP contribution in [0.2, 0.25) is 5.02 Å². The van der Waals surface area contributed by atoms with Crippen LogP contribution >= 0.6 is 38.9 Å². The summed E-state index contributed by atoms with van der Waals surface area (Å²) in [5.41, 5.74) is 0.508. The normalized spacial score (nSPS) is 10.7. The van der Waals surface area contributed by atoms with Gasteiger partial charge in [-0.2, -0.15) is 0 Å². The quantitative estimate of drug-likeness (QED) is 0.916. The van der Waals surface area contributed by atoms with Crippen molar-refractivity contribution in [3.63, 3.8) is 0 Å². The molecule has 1 N–H and O–H groups in total. The van der Waals surface area contributed by atoms with E-state index >= 15 is 0 Å². The Balaban J connectivity index is 2.15. The van der Waals surface area contributed by atoms with Crippen LogP contribution in [0.25, 0.3) is 0 Å².